The van der Waals surface area contributed by atoms with Crippen LogP contribution in [0.4, 0.5) is 11.4 Å². The predicted molar refractivity (Wildman–Crippen MR) is 101 cm³/mol. The van der Waals surface area contributed by atoms with Crippen LogP contribution in [0.2, 0.25) is 0 Å². The highest BCUT2D eigenvalue weighted by Crippen LogP contribution is 2.32. The molecule has 0 atom stereocenters. The van der Waals surface area contributed by atoms with Gasteiger partial charge in [-0.1, -0.05) is 25.1 Å². The first-order chi connectivity index (χ1) is 12.6. The van der Waals surface area contributed by atoms with Gasteiger partial charge in [0.25, 0.3) is 5.91 Å². The standard InChI is InChI=1S/C19H18N2O4S/c1-2-12-5-3-4-6-14(12)20-17(22)10-25-19(24)13-7-8-16-15(9-13)21-18(23)11-26-16/h3-9H,2,10-11H2,1H3,(H,20,22)(H,21,23). The number of carbonyl (C=O) groups excluding carboxylic acids is 3. The Balaban J connectivity index is 1.59. The summed E-state index contributed by atoms with van der Waals surface area (Å²) in [6, 6.07) is 12.4. The highest BCUT2D eigenvalue weighted by Gasteiger charge is 2.18. The number of carbonyl (C=O) groups is 3. The van der Waals surface area contributed by atoms with Gasteiger partial charge in [0.15, 0.2) is 6.61 Å². The summed E-state index contributed by atoms with van der Waals surface area (Å²) in [5.74, 6) is -0.768. The molecule has 0 radical (unpaired) electrons. The third kappa shape index (κ3) is 4.23. The van der Waals surface area contributed by atoms with E-state index in [0.717, 1.165) is 16.9 Å². The fraction of sp³-hybridized carbons (Fsp3) is 0.211. The molecule has 0 aromatic heterocycles. The zero-order valence-electron chi connectivity index (χ0n) is 14.2. The van der Waals surface area contributed by atoms with Crippen molar-refractivity contribution in [2.24, 2.45) is 0 Å². The monoisotopic (exact) mass is 370 g/mol. The van der Waals surface area contributed by atoms with Crippen LogP contribution in [0.1, 0.15) is 22.8 Å². The zero-order chi connectivity index (χ0) is 18.5. The van der Waals surface area contributed by atoms with Gasteiger partial charge < -0.3 is 15.4 Å². The SMILES string of the molecule is CCc1ccccc1NC(=O)COC(=O)c1ccc2c(c1)NC(=O)CS2. The van der Waals surface area contributed by atoms with E-state index in [1.807, 2.05) is 31.2 Å². The van der Waals surface area contributed by atoms with Crippen molar-refractivity contribution in [2.45, 2.75) is 18.2 Å². The van der Waals surface area contributed by atoms with Crippen LogP contribution in [0, 0.1) is 0 Å². The molecule has 3 rings (SSSR count). The second kappa shape index (κ2) is 8.05. The Morgan fingerprint density at radius 2 is 2.04 bits per heavy atom. The molecule has 0 spiro atoms. The molecular weight excluding hydrogens is 352 g/mol. The first kappa shape index (κ1) is 18.0. The molecule has 2 N–H and O–H groups in total. The molecule has 0 saturated heterocycles. The van der Waals surface area contributed by atoms with E-state index in [9.17, 15) is 14.4 Å². The average Bonchev–Trinajstić information content (AvgIpc) is 2.66. The van der Waals surface area contributed by atoms with Gasteiger partial charge in [0.05, 0.1) is 17.0 Å². The number of amides is 2. The van der Waals surface area contributed by atoms with Gasteiger partial charge in [0.2, 0.25) is 5.91 Å². The van der Waals surface area contributed by atoms with Crippen LogP contribution in [-0.4, -0.2) is 30.1 Å². The summed E-state index contributed by atoms with van der Waals surface area (Å²) in [7, 11) is 0. The van der Waals surface area contributed by atoms with E-state index in [0.29, 0.717) is 17.1 Å². The first-order valence-electron chi connectivity index (χ1n) is 8.18. The minimum Gasteiger partial charge on any atom is -0.452 e. The second-order valence-corrected chi connectivity index (χ2v) is 6.70. The predicted octanol–water partition coefficient (Wildman–Crippen LogP) is 3.09. The number of thioether (sulfide) groups is 1. The number of fused-ring (bicyclic) bond motifs is 1. The van der Waals surface area contributed by atoms with Gasteiger partial charge in [0, 0.05) is 10.6 Å². The Labute approximate surface area is 155 Å². The van der Waals surface area contributed by atoms with Crippen molar-refractivity contribution >= 4 is 40.9 Å². The van der Waals surface area contributed by atoms with Gasteiger partial charge in [0.1, 0.15) is 0 Å². The summed E-state index contributed by atoms with van der Waals surface area (Å²) in [5, 5.41) is 5.47. The van der Waals surface area contributed by atoms with E-state index in [1.165, 1.54) is 11.8 Å². The molecule has 2 amide bonds. The minimum atomic E-state index is -0.614. The number of benzene rings is 2. The lowest BCUT2D eigenvalue weighted by atomic mass is 10.1. The Morgan fingerprint density at radius 1 is 1.23 bits per heavy atom. The topological polar surface area (TPSA) is 84.5 Å². The largest absolute Gasteiger partial charge is 0.452 e. The average molecular weight is 370 g/mol. The fourth-order valence-corrected chi connectivity index (χ4v) is 3.35. The first-order valence-corrected chi connectivity index (χ1v) is 9.17. The van der Waals surface area contributed by atoms with Crippen molar-refractivity contribution < 1.29 is 19.1 Å². The molecule has 1 heterocycles. The third-order valence-electron chi connectivity index (χ3n) is 3.85. The number of anilines is 2. The van der Waals surface area contributed by atoms with Crippen molar-refractivity contribution in [1.82, 2.24) is 0 Å². The molecule has 0 fully saturated rings. The normalized spacial score (nSPS) is 12.7. The van der Waals surface area contributed by atoms with Crippen molar-refractivity contribution in [3.8, 4) is 0 Å². The van der Waals surface area contributed by atoms with Gasteiger partial charge >= 0.3 is 5.97 Å². The van der Waals surface area contributed by atoms with Crippen LogP contribution in [-0.2, 0) is 20.7 Å². The Bertz CT molecular complexity index is 866. The maximum absolute atomic E-state index is 12.2. The van der Waals surface area contributed by atoms with Crippen LogP contribution >= 0.6 is 11.8 Å². The number of esters is 1. The Kier molecular flexibility index (Phi) is 5.58. The molecule has 26 heavy (non-hydrogen) atoms. The van der Waals surface area contributed by atoms with Crippen LogP contribution in [0.15, 0.2) is 47.4 Å². The Hall–Kier alpha value is -2.80. The Morgan fingerprint density at radius 3 is 2.85 bits per heavy atom. The summed E-state index contributed by atoms with van der Waals surface area (Å²) in [5.41, 5.74) is 2.59. The molecule has 0 saturated carbocycles. The molecule has 0 unspecified atom stereocenters. The third-order valence-corrected chi connectivity index (χ3v) is 4.93. The van der Waals surface area contributed by atoms with Crippen molar-refractivity contribution in [2.75, 3.05) is 23.0 Å². The van der Waals surface area contributed by atoms with Crippen molar-refractivity contribution in [3.05, 3.63) is 53.6 Å². The number of rotatable bonds is 5. The summed E-state index contributed by atoms with van der Waals surface area (Å²) < 4.78 is 5.08. The lowest BCUT2D eigenvalue weighted by Crippen LogP contribution is -2.22. The molecule has 134 valence electrons. The molecule has 2 aromatic rings. The van der Waals surface area contributed by atoms with Gasteiger partial charge in [-0.25, -0.2) is 4.79 Å². The summed E-state index contributed by atoms with van der Waals surface area (Å²) >= 11 is 1.41. The molecule has 7 heteroatoms. The maximum Gasteiger partial charge on any atom is 0.338 e. The molecule has 1 aliphatic rings. The second-order valence-electron chi connectivity index (χ2n) is 5.68. The lowest BCUT2D eigenvalue weighted by Gasteiger charge is -2.16. The number of aryl methyl sites for hydroxylation is 1. The van der Waals surface area contributed by atoms with Gasteiger partial charge in [-0.15, -0.1) is 11.8 Å². The van der Waals surface area contributed by atoms with E-state index in [1.54, 1.807) is 18.2 Å². The molecule has 0 aliphatic carbocycles. The van der Waals surface area contributed by atoms with Gasteiger partial charge in [-0.3, -0.25) is 9.59 Å². The van der Waals surface area contributed by atoms with E-state index in [4.69, 9.17) is 4.74 Å². The van der Waals surface area contributed by atoms with E-state index in [2.05, 4.69) is 10.6 Å². The van der Waals surface area contributed by atoms with Crippen LogP contribution in [0.3, 0.4) is 0 Å². The molecular formula is C19H18N2O4S. The quantitative estimate of drug-likeness (QED) is 0.790. The van der Waals surface area contributed by atoms with Crippen LogP contribution in [0.5, 0.6) is 0 Å². The number of hydrogen-bond donors (Lipinski definition) is 2. The fourth-order valence-electron chi connectivity index (χ4n) is 2.56. The van der Waals surface area contributed by atoms with Crippen molar-refractivity contribution in [1.29, 1.82) is 0 Å². The van der Waals surface area contributed by atoms with E-state index < -0.39 is 11.9 Å². The zero-order valence-corrected chi connectivity index (χ0v) is 15.0. The molecule has 1 aliphatic heterocycles. The van der Waals surface area contributed by atoms with E-state index in [-0.39, 0.29) is 18.1 Å². The number of nitrogens with one attached hydrogen (secondary N) is 2. The molecule has 0 bridgehead atoms. The molecule has 6 nitrogen and oxygen atoms in total. The number of ether oxygens (including phenoxy) is 1. The lowest BCUT2D eigenvalue weighted by molar-refractivity contribution is -0.119. The smallest absolute Gasteiger partial charge is 0.338 e. The van der Waals surface area contributed by atoms with Crippen LogP contribution in [0.25, 0.3) is 0 Å². The number of para-hydroxylation sites is 1. The van der Waals surface area contributed by atoms with Gasteiger partial charge in [-0.2, -0.15) is 0 Å². The highest BCUT2D eigenvalue weighted by molar-refractivity contribution is 8.00. The van der Waals surface area contributed by atoms with Gasteiger partial charge in [-0.05, 0) is 36.2 Å². The summed E-state index contributed by atoms with van der Waals surface area (Å²) in [6.07, 6.45) is 0.787. The number of hydrogen-bond acceptors (Lipinski definition) is 5. The van der Waals surface area contributed by atoms with Crippen molar-refractivity contribution in [3.63, 3.8) is 0 Å². The summed E-state index contributed by atoms with van der Waals surface area (Å²) in [4.78, 5) is 36.6. The minimum absolute atomic E-state index is 0.109. The molecule has 2 aromatic carbocycles. The highest BCUT2D eigenvalue weighted by atomic mass is 32.2. The summed E-state index contributed by atoms with van der Waals surface area (Å²) in [6.45, 7) is 1.62. The maximum atomic E-state index is 12.2. The van der Waals surface area contributed by atoms with Crippen LogP contribution < -0.4 is 10.6 Å². The van der Waals surface area contributed by atoms with E-state index >= 15 is 0 Å².